The number of anilines is 1. The van der Waals surface area contributed by atoms with Crippen LogP contribution in [-0.2, 0) is 9.53 Å². The molecule has 1 N–H and O–H groups in total. The van der Waals surface area contributed by atoms with E-state index in [0.29, 0.717) is 30.5 Å². The van der Waals surface area contributed by atoms with Crippen molar-refractivity contribution >= 4 is 28.3 Å². The first-order valence-corrected chi connectivity index (χ1v) is 11.7. The van der Waals surface area contributed by atoms with Crippen molar-refractivity contribution in [1.82, 2.24) is 9.88 Å². The lowest BCUT2D eigenvalue weighted by molar-refractivity contribution is -0.117. The van der Waals surface area contributed by atoms with Gasteiger partial charge in [0, 0.05) is 23.6 Å². The molecule has 168 valence electrons. The van der Waals surface area contributed by atoms with Crippen LogP contribution in [0.5, 0.6) is 5.75 Å². The lowest BCUT2D eigenvalue weighted by Crippen LogP contribution is -2.42. The van der Waals surface area contributed by atoms with Crippen LogP contribution in [0.3, 0.4) is 0 Å². The third-order valence-electron chi connectivity index (χ3n) is 5.21. The molecule has 0 aliphatic carbocycles. The highest BCUT2D eigenvalue weighted by Crippen LogP contribution is 2.22. The van der Waals surface area contributed by atoms with Crippen molar-refractivity contribution in [2.75, 3.05) is 31.6 Å². The van der Waals surface area contributed by atoms with Gasteiger partial charge in [-0.1, -0.05) is 13.3 Å². The Morgan fingerprint density at radius 3 is 2.68 bits per heavy atom. The molecule has 2 aromatic rings. The number of unbranched alkanes of at least 4 members (excludes halogenated alkanes) is 1. The van der Waals surface area contributed by atoms with E-state index in [4.69, 9.17) is 9.47 Å². The first-order valence-electron chi connectivity index (χ1n) is 10.8. The number of hydrogen-bond acceptors (Lipinski definition) is 6. The second-order valence-corrected chi connectivity index (χ2v) is 8.96. The van der Waals surface area contributed by atoms with Gasteiger partial charge in [0.15, 0.2) is 5.13 Å². The van der Waals surface area contributed by atoms with E-state index in [0.717, 1.165) is 42.0 Å². The van der Waals surface area contributed by atoms with Crippen LogP contribution in [0.2, 0.25) is 0 Å². The first kappa shape index (κ1) is 23.2. The molecular formula is C23H31N3O4S. The largest absolute Gasteiger partial charge is 0.494 e. The molecule has 0 saturated carbocycles. The van der Waals surface area contributed by atoms with E-state index in [1.54, 1.807) is 29.2 Å². The fourth-order valence-corrected chi connectivity index (χ4v) is 4.15. The Morgan fingerprint density at radius 2 is 2.06 bits per heavy atom. The summed E-state index contributed by atoms with van der Waals surface area (Å²) in [5, 5.41) is 3.37. The van der Waals surface area contributed by atoms with Gasteiger partial charge < -0.3 is 19.7 Å². The number of carbonyl (C=O) groups is 2. The summed E-state index contributed by atoms with van der Waals surface area (Å²) in [5.74, 6) is 0.278. The Hall–Kier alpha value is -2.45. The van der Waals surface area contributed by atoms with Crippen molar-refractivity contribution < 1.29 is 19.1 Å². The van der Waals surface area contributed by atoms with Crippen LogP contribution in [0.25, 0.3) is 0 Å². The average molecular weight is 446 g/mol. The number of aromatic nitrogens is 1. The minimum atomic E-state index is -0.264. The normalized spacial score (nSPS) is 15.6. The highest BCUT2D eigenvalue weighted by molar-refractivity contribution is 7.15. The Bertz CT molecular complexity index is 856. The molecule has 0 bridgehead atoms. The van der Waals surface area contributed by atoms with Crippen molar-refractivity contribution in [3.05, 3.63) is 40.4 Å². The maximum Gasteiger partial charge on any atom is 0.254 e. The van der Waals surface area contributed by atoms with Crippen molar-refractivity contribution in [2.45, 2.75) is 52.6 Å². The molecule has 1 aromatic heterocycles. The maximum absolute atomic E-state index is 13.2. The summed E-state index contributed by atoms with van der Waals surface area (Å²) in [7, 11) is 0. The number of carbonyl (C=O) groups excluding carboxylic acids is 2. The molecule has 1 aliphatic rings. The van der Waals surface area contributed by atoms with Gasteiger partial charge in [-0.05, 0) is 57.4 Å². The molecule has 0 radical (unpaired) electrons. The van der Waals surface area contributed by atoms with Crippen molar-refractivity contribution in [3.8, 4) is 5.75 Å². The molecule has 3 rings (SSSR count). The smallest absolute Gasteiger partial charge is 0.254 e. The molecule has 2 heterocycles. The number of rotatable bonds is 10. The van der Waals surface area contributed by atoms with E-state index in [1.165, 1.54) is 11.3 Å². The summed E-state index contributed by atoms with van der Waals surface area (Å²) in [4.78, 5) is 32.8. The lowest BCUT2D eigenvalue weighted by atomic mass is 10.1. The number of benzene rings is 1. The highest BCUT2D eigenvalue weighted by Gasteiger charge is 2.25. The van der Waals surface area contributed by atoms with E-state index in [-0.39, 0.29) is 24.5 Å². The van der Waals surface area contributed by atoms with Crippen molar-refractivity contribution in [3.63, 3.8) is 0 Å². The second-order valence-electron chi connectivity index (χ2n) is 7.76. The zero-order valence-electron chi connectivity index (χ0n) is 18.5. The summed E-state index contributed by atoms with van der Waals surface area (Å²) in [5.41, 5.74) is 1.42. The highest BCUT2D eigenvalue weighted by atomic mass is 32.1. The number of thiazole rings is 1. The first-order chi connectivity index (χ1) is 15.0. The fraction of sp³-hybridized carbons (Fsp3) is 0.522. The predicted octanol–water partition coefficient (Wildman–Crippen LogP) is 4.20. The van der Waals surface area contributed by atoms with Gasteiger partial charge in [0.25, 0.3) is 5.91 Å². The number of aryl methyl sites for hydroxylation is 2. The second kappa shape index (κ2) is 11.2. The number of ether oxygens (including phenoxy) is 2. The van der Waals surface area contributed by atoms with Gasteiger partial charge in [-0.3, -0.25) is 9.59 Å². The summed E-state index contributed by atoms with van der Waals surface area (Å²) in [6, 6.07) is 7.10. The van der Waals surface area contributed by atoms with E-state index in [9.17, 15) is 9.59 Å². The van der Waals surface area contributed by atoms with Crippen molar-refractivity contribution in [2.24, 2.45) is 0 Å². The predicted molar refractivity (Wildman–Crippen MR) is 122 cm³/mol. The van der Waals surface area contributed by atoms with Gasteiger partial charge in [0.1, 0.15) is 12.3 Å². The average Bonchev–Trinajstić information content (AvgIpc) is 3.37. The van der Waals surface area contributed by atoms with Crippen LogP contribution >= 0.6 is 11.3 Å². The zero-order chi connectivity index (χ0) is 22.2. The molecule has 1 aliphatic heterocycles. The topological polar surface area (TPSA) is 80.8 Å². The molecule has 1 atom stereocenters. The van der Waals surface area contributed by atoms with Gasteiger partial charge >= 0.3 is 0 Å². The molecule has 8 heteroatoms. The van der Waals surface area contributed by atoms with Crippen LogP contribution in [0, 0.1) is 13.8 Å². The minimum Gasteiger partial charge on any atom is -0.494 e. The summed E-state index contributed by atoms with van der Waals surface area (Å²) in [6.45, 7) is 7.67. The van der Waals surface area contributed by atoms with Gasteiger partial charge in [0.05, 0.1) is 18.4 Å². The molecular weight excluding hydrogens is 414 g/mol. The van der Waals surface area contributed by atoms with Gasteiger partial charge in [0.2, 0.25) is 5.91 Å². The Kier molecular flexibility index (Phi) is 8.43. The van der Waals surface area contributed by atoms with Gasteiger partial charge in [-0.15, -0.1) is 11.3 Å². The number of amides is 2. The van der Waals surface area contributed by atoms with Crippen LogP contribution in [0.4, 0.5) is 5.13 Å². The molecule has 1 fully saturated rings. The molecule has 1 saturated heterocycles. The third-order valence-corrected chi connectivity index (χ3v) is 6.20. The van der Waals surface area contributed by atoms with E-state index >= 15 is 0 Å². The van der Waals surface area contributed by atoms with E-state index < -0.39 is 0 Å². The fourth-order valence-electron chi connectivity index (χ4n) is 3.32. The third kappa shape index (κ3) is 6.77. The quantitative estimate of drug-likeness (QED) is 0.555. The summed E-state index contributed by atoms with van der Waals surface area (Å²) < 4.78 is 11.4. The molecule has 2 amide bonds. The maximum atomic E-state index is 13.2. The van der Waals surface area contributed by atoms with Crippen molar-refractivity contribution in [1.29, 1.82) is 0 Å². The van der Waals surface area contributed by atoms with E-state index in [2.05, 4.69) is 17.2 Å². The van der Waals surface area contributed by atoms with E-state index in [1.807, 2.05) is 13.8 Å². The number of nitrogens with one attached hydrogen (secondary N) is 1. The SMILES string of the molecule is CCCCOc1ccc(C(=O)N(CC(=O)Nc2nc(C)c(C)s2)CC2CCCO2)cc1. The van der Waals surface area contributed by atoms with Gasteiger partial charge in [-0.25, -0.2) is 4.98 Å². The van der Waals surface area contributed by atoms with Crippen LogP contribution in [-0.4, -0.2) is 54.1 Å². The summed E-state index contributed by atoms with van der Waals surface area (Å²) >= 11 is 1.43. The number of nitrogens with zero attached hydrogens (tertiary/aromatic N) is 2. The van der Waals surface area contributed by atoms with Crippen LogP contribution in [0.1, 0.15) is 53.5 Å². The standard InChI is InChI=1S/C23H31N3O4S/c1-4-5-12-29-19-10-8-18(9-11-19)22(28)26(14-20-7-6-13-30-20)15-21(27)25-23-24-16(2)17(3)31-23/h8-11,20H,4-7,12-15H2,1-3H3,(H,24,25,27). The molecule has 1 aromatic carbocycles. The molecule has 31 heavy (non-hydrogen) atoms. The molecule has 0 spiro atoms. The zero-order valence-corrected chi connectivity index (χ0v) is 19.3. The Morgan fingerprint density at radius 1 is 1.29 bits per heavy atom. The van der Waals surface area contributed by atoms with Crippen LogP contribution in [0.15, 0.2) is 24.3 Å². The summed E-state index contributed by atoms with van der Waals surface area (Å²) in [6.07, 6.45) is 3.87. The Labute approximate surface area is 187 Å². The Balaban J connectivity index is 1.66. The number of hydrogen-bond donors (Lipinski definition) is 1. The van der Waals surface area contributed by atoms with Crippen LogP contribution < -0.4 is 10.1 Å². The van der Waals surface area contributed by atoms with Gasteiger partial charge in [-0.2, -0.15) is 0 Å². The molecule has 1 unspecified atom stereocenters. The molecule has 7 nitrogen and oxygen atoms in total. The minimum absolute atomic E-state index is 0.0437. The lowest BCUT2D eigenvalue weighted by Gasteiger charge is -2.25. The monoisotopic (exact) mass is 445 g/mol.